The van der Waals surface area contributed by atoms with E-state index in [1.807, 2.05) is 41.5 Å². The zero-order valence-corrected chi connectivity index (χ0v) is 41.3. The summed E-state index contributed by atoms with van der Waals surface area (Å²) in [5, 5.41) is 11.5. The molecule has 9 nitrogen and oxygen atoms in total. The van der Waals surface area contributed by atoms with Crippen molar-refractivity contribution in [1.29, 1.82) is 0 Å². The van der Waals surface area contributed by atoms with Crippen molar-refractivity contribution in [2.45, 2.75) is 252 Å². The van der Waals surface area contributed by atoms with Gasteiger partial charge >= 0.3 is 0 Å². The third kappa shape index (κ3) is 15.1. The second kappa shape index (κ2) is 20.1. The molecule has 3 saturated heterocycles. The number of aliphatic hydroxyl groups is 1. The molecule has 0 aromatic heterocycles. The lowest BCUT2D eigenvalue weighted by atomic mass is 9.91. The van der Waals surface area contributed by atoms with Crippen molar-refractivity contribution < 1.29 is 42.4 Å². The van der Waals surface area contributed by atoms with Gasteiger partial charge < -0.3 is 42.4 Å². The van der Waals surface area contributed by atoms with Crippen LogP contribution < -0.4 is 0 Å². The lowest BCUT2D eigenvalue weighted by molar-refractivity contribution is -0.333. The van der Waals surface area contributed by atoms with E-state index < -0.39 is 40.1 Å². The number of aliphatic hydroxyl groups excluding tert-OH is 1. The highest BCUT2D eigenvalue weighted by atomic mass is 28.4. The first-order valence-electron chi connectivity index (χ1n) is 22.4. The average molecular weight is 829 g/mol. The van der Waals surface area contributed by atoms with Crippen LogP contribution in [0.1, 0.15) is 149 Å². The fraction of sp³-hybridized carbons (Fsp3) is 0.956. The molecule has 0 amide bonds. The average Bonchev–Trinajstić information content (AvgIpc) is 3.04. The van der Waals surface area contributed by atoms with Gasteiger partial charge in [0.1, 0.15) is 0 Å². The lowest BCUT2D eigenvalue weighted by Crippen LogP contribution is -2.51. The van der Waals surface area contributed by atoms with Gasteiger partial charge in [-0.05, 0) is 89.6 Å². The van der Waals surface area contributed by atoms with Crippen molar-refractivity contribution in [2.75, 3.05) is 6.61 Å². The summed E-state index contributed by atoms with van der Waals surface area (Å²) in [4.78, 5) is 0. The fourth-order valence-corrected chi connectivity index (χ4v) is 13.0. The SMILES string of the molecule is CC[Si](CC)(CC)OC[C@@H](C)[C@@H](O)C[C@@H]1C[C@H](C[C@H]2C[C@H](C[C@H]3C[C@@H](/C=C/[C@@H](C)[C@H](O[Si](C)(C)C(C)(C)C)C(C)C)OC(C)(C)O3)OC(C)(C)O2)OC(C)(C)O1. The largest absolute Gasteiger partial charge is 0.416 e. The molecule has 0 radical (unpaired) electrons. The summed E-state index contributed by atoms with van der Waals surface area (Å²) in [5.41, 5.74) is 0. The van der Waals surface area contributed by atoms with Crippen LogP contribution in [0.25, 0.3) is 0 Å². The topological polar surface area (TPSA) is 94.1 Å². The number of rotatable bonds is 19. The molecule has 3 heterocycles. The second-order valence-corrected chi connectivity index (χ2v) is 30.4. The smallest absolute Gasteiger partial charge is 0.192 e. The first-order chi connectivity index (χ1) is 25.6. The molecule has 3 rings (SSSR count). The molecule has 0 saturated carbocycles. The maximum Gasteiger partial charge on any atom is 0.192 e. The van der Waals surface area contributed by atoms with Crippen molar-refractivity contribution in [2.24, 2.45) is 17.8 Å². The summed E-state index contributed by atoms with van der Waals surface area (Å²) in [6.07, 6.45) is 8.10. The number of hydrogen-bond donors (Lipinski definition) is 1. The van der Waals surface area contributed by atoms with Crippen LogP contribution in [-0.4, -0.2) is 94.5 Å². The van der Waals surface area contributed by atoms with E-state index in [4.69, 9.17) is 37.3 Å². The molecule has 0 aliphatic carbocycles. The van der Waals surface area contributed by atoms with Gasteiger partial charge in [0.05, 0.1) is 48.8 Å². The predicted octanol–water partition coefficient (Wildman–Crippen LogP) is 11.1. The summed E-state index contributed by atoms with van der Waals surface area (Å²) < 4.78 is 52.5. The van der Waals surface area contributed by atoms with Gasteiger partial charge in [0.2, 0.25) is 0 Å². The Balaban J connectivity index is 1.63. The normalized spacial score (nSPS) is 31.0. The van der Waals surface area contributed by atoms with Crippen LogP contribution in [0, 0.1) is 17.8 Å². The Morgan fingerprint density at radius 1 is 0.696 bits per heavy atom. The van der Waals surface area contributed by atoms with Gasteiger partial charge in [0, 0.05) is 51.0 Å². The first kappa shape index (κ1) is 50.2. The van der Waals surface area contributed by atoms with Gasteiger partial charge in [-0.1, -0.05) is 81.4 Å². The third-order valence-corrected chi connectivity index (χ3v) is 22.2. The molecule has 3 fully saturated rings. The minimum Gasteiger partial charge on any atom is -0.416 e. The number of ether oxygens (including phenoxy) is 6. The van der Waals surface area contributed by atoms with E-state index in [2.05, 4.69) is 94.5 Å². The molecule has 330 valence electrons. The maximum absolute atomic E-state index is 11.3. The highest BCUT2D eigenvalue weighted by Crippen LogP contribution is 2.41. The minimum absolute atomic E-state index is 0.0254. The van der Waals surface area contributed by atoms with E-state index in [9.17, 15) is 5.11 Å². The summed E-state index contributed by atoms with van der Waals surface area (Å²) in [6, 6.07) is 3.33. The molecule has 11 heteroatoms. The quantitative estimate of drug-likeness (QED) is 0.101. The fourth-order valence-electron chi connectivity index (χ4n) is 8.77. The van der Waals surface area contributed by atoms with Gasteiger partial charge in [-0.15, -0.1) is 0 Å². The molecule has 0 unspecified atom stereocenters. The van der Waals surface area contributed by atoms with Crippen LogP contribution >= 0.6 is 0 Å². The van der Waals surface area contributed by atoms with E-state index in [-0.39, 0.29) is 59.6 Å². The summed E-state index contributed by atoms with van der Waals surface area (Å²) >= 11 is 0. The molecule has 1 N–H and O–H groups in total. The van der Waals surface area contributed by atoms with Gasteiger partial charge in [0.25, 0.3) is 0 Å². The highest BCUT2D eigenvalue weighted by Gasteiger charge is 2.44. The molecular weight excluding hydrogens is 741 g/mol. The lowest BCUT2D eigenvalue weighted by Gasteiger charge is -2.46. The summed E-state index contributed by atoms with van der Waals surface area (Å²) in [6.45, 7) is 39.8. The van der Waals surface area contributed by atoms with Crippen LogP contribution in [0.5, 0.6) is 0 Å². The number of hydrogen-bond acceptors (Lipinski definition) is 9. The van der Waals surface area contributed by atoms with Gasteiger partial charge in [-0.2, -0.15) is 0 Å². The van der Waals surface area contributed by atoms with Crippen molar-refractivity contribution in [1.82, 2.24) is 0 Å². The maximum atomic E-state index is 11.3. The van der Waals surface area contributed by atoms with Crippen molar-refractivity contribution >= 4 is 16.6 Å². The molecule has 0 aromatic rings. The van der Waals surface area contributed by atoms with Gasteiger partial charge in [0.15, 0.2) is 34.0 Å². The molecule has 0 bridgehead atoms. The standard InChI is InChI=1S/C45H88O9Si2/c1-19-56(20-2,21-3)47-30-33(7)40(46)29-39-28-38(52-45(15,16)53-39)27-37-26-36(50-44(13,14)51-37)25-35-24-34(48-43(11,12)49-35)23-22-32(6)41(31(4)5)54-55(17,18)42(8,9)10/h22-23,31-41,46H,19-21,24-30H2,1-18H3/b23-22+/t32-,33-,34-,35-,36+,37-,38+,39+,40+,41-/m1/s1. The zero-order valence-electron chi connectivity index (χ0n) is 39.3. The second-order valence-electron chi connectivity index (χ2n) is 20.9. The molecule has 0 aromatic carbocycles. The van der Waals surface area contributed by atoms with Gasteiger partial charge in [-0.25, -0.2) is 0 Å². The summed E-state index contributed by atoms with van der Waals surface area (Å²) in [5.74, 6) is -1.51. The van der Waals surface area contributed by atoms with Crippen LogP contribution in [0.15, 0.2) is 12.2 Å². The van der Waals surface area contributed by atoms with Crippen LogP contribution in [-0.2, 0) is 37.3 Å². The Hall–Kier alpha value is -0.186. The Morgan fingerprint density at radius 2 is 1.12 bits per heavy atom. The summed E-state index contributed by atoms with van der Waals surface area (Å²) in [7, 11) is -3.64. The molecule has 3 aliphatic heterocycles. The Labute approximate surface area is 346 Å². The molecule has 3 aliphatic rings. The molecule has 56 heavy (non-hydrogen) atoms. The Bertz CT molecular complexity index is 1200. The van der Waals surface area contributed by atoms with Crippen molar-refractivity contribution in [3.05, 3.63) is 12.2 Å². The van der Waals surface area contributed by atoms with Crippen molar-refractivity contribution in [3.63, 3.8) is 0 Å². The van der Waals surface area contributed by atoms with Crippen LogP contribution in [0.3, 0.4) is 0 Å². The zero-order chi connectivity index (χ0) is 42.5. The Kier molecular flexibility index (Phi) is 18.0. The van der Waals surface area contributed by atoms with Gasteiger partial charge in [-0.3, -0.25) is 0 Å². The molecule has 10 atom stereocenters. The highest BCUT2D eigenvalue weighted by molar-refractivity contribution is 6.74. The van der Waals surface area contributed by atoms with E-state index in [0.717, 1.165) is 43.8 Å². The third-order valence-electron chi connectivity index (χ3n) is 13.1. The van der Waals surface area contributed by atoms with E-state index >= 15 is 0 Å². The predicted molar refractivity (Wildman–Crippen MR) is 233 cm³/mol. The van der Waals surface area contributed by atoms with E-state index in [1.165, 1.54) is 0 Å². The van der Waals surface area contributed by atoms with Crippen LogP contribution in [0.2, 0.25) is 36.3 Å². The molecule has 0 spiro atoms. The van der Waals surface area contributed by atoms with E-state index in [1.54, 1.807) is 0 Å². The Morgan fingerprint density at radius 3 is 1.57 bits per heavy atom. The van der Waals surface area contributed by atoms with Crippen LogP contribution in [0.4, 0.5) is 0 Å². The minimum atomic E-state index is -1.92. The van der Waals surface area contributed by atoms with E-state index in [0.29, 0.717) is 25.4 Å². The monoisotopic (exact) mass is 829 g/mol. The molecular formula is C45H88O9Si2. The van der Waals surface area contributed by atoms with Crippen molar-refractivity contribution in [3.8, 4) is 0 Å². The first-order valence-corrected chi connectivity index (χ1v) is 27.8.